The van der Waals surface area contributed by atoms with Crippen molar-refractivity contribution < 1.29 is 19.4 Å². The van der Waals surface area contributed by atoms with Gasteiger partial charge in [-0.1, -0.05) is 12.1 Å². The van der Waals surface area contributed by atoms with E-state index >= 15 is 0 Å². The summed E-state index contributed by atoms with van der Waals surface area (Å²) in [6.45, 7) is 1.89. The third kappa shape index (κ3) is 3.00. The third-order valence-corrected chi connectivity index (χ3v) is 3.80. The molecule has 0 amide bonds. The lowest BCUT2D eigenvalue weighted by Crippen LogP contribution is -2.33. The SMILES string of the molecule is OC1=NOc2c(ccc(CN3CCC(F)CC3)c2O)C=C1. The molecule has 1 fully saturated rings. The molecule has 2 aliphatic rings. The number of nitrogens with zero attached hydrogens (tertiary/aromatic N) is 2. The summed E-state index contributed by atoms with van der Waals surface area (Å²) in [5.74, 6) is -0.0108. The van der Waals surface area contributed by atoms with Crippen LogP contribution in [0.25, 0.3) is 6.08 Å². The highest BCUT2D eigenvalue weighted by Crippen LogP contribution is 2.36. The number of oxime groups is 1. The molecule has 0 aromatic heterocycles. The first kappa shape index (κ1) is 13.9. The van der Waals surface area contributed by atoms with Crippen molar-refractivity contribution in [2.45, 2.75) is 25.6 Å². The van der Waals surface area contributed by atoms with Crippen LogP contribution in [0.4, 0.5) is 4.39 Å². The van der Waals surface area contributed by atoms with Crippen molar-refractivity contribution in [1.29, 1.82) is 0 Å². The molecule has 0 aliphatic carbocycles. The van der Waals surface area contributed by atoms with Crippen LogP contribution in [0.2, 0.25) is 0 Å². The number of likely N-dealkylation sites (tertiary alicyclic amines) is 1. The predicted molar refractivity (Wildman–Crippen MR) is 77.2 cm³/mol. The number of aromatic hydroxyl groups is 1. The average Bonchev–Trinajstić information content (AvgIpc) is 2.67. The molecular weight excluding hydrogens is 275 g/mol. The number of aliphatic hydroxyl groups excluding tert-OH is 1. The highest BCUT2D eigenvalue weighted by Gasteiger charge is 2.21. The first-order valence-electron chi connectivity index (χ1n) is 6.97. The number of hydrogen-bond acceptors (Lipinski definition) is 4. The molecule has 6 heteroatoms. The fraction of sp³-hybridized carbons (Fsp3) is 0.400. The number of fused-ring (bicyclic) bond motifs is 1. The highest BCUT2D eigenvalue weighted by atomic mass is 19.1. The van der Waals surface area contributed by atoms with Gasteiger partial charge in [0.2, 0.25) is 11.6 Å². The maximum absolute atomic E-state index is 13.1. The van der Waals surface area contributed by atoms with Crippen LogP contribution in [0.15, 0.2) is 23.4 Å². The molecule has 1 aromatic rings. The van der Waals surface area contributed by atoms with Gasteiger partial charge in [-0.3, -0.25) is 4.90 Å². The standard InChI is InChI=1S/C15H17FN2O3/c16-12-5-7-18(8-6-12)9-11-2-1-10-3-4-13(19)17-21-15(10)14(11)20/h1-4,12,20H,5-9H2,(H,17,19). The zero-order valence-corrected chi connectivity index (χ0v) is 11.5. The minimum absolute atomic E-state index is 0.0120. The largest absolute Gasteiger partial charge is 0.504 e. The van der Waals surface area contributed by atoms with Crippen LogP contribution in [-0.2, 0) is 6.54 Å². The number of rotatable bonds is 2. The second-order valence-corrected chi connectivity index (χ2v) is 5.32. The quantitative estimate of drug-likeness (QED) is 0.879. The number of halogens is 1. The molecule has 112 valence electrons. The lowest BCUT2D eigenvalue weighted by atomic mass is 10.1. The summed E-state index contributed by atoms with van der Waals surface area (Å²) in [6.07, 6.45) is 3.37. The molecule has 5 nitrogen and oxygen atoms in total. The number of benzene rings is 1. The van der Waals surface area contributed by atoms with Gasteiger partial charge in [0.25, 0.3) is 0 Å². The maximum Gasteiger partial charge on any atom is 0.248 e. The molecule has 0 atom stereocenters. The minimum Gasteiger partial charge on any atom is -0.504 e. The first-order chi connectivity index (χ1) is 10.1. The summed E-state index contributed by atoms with van der Waals surface area (Å²) >= 11 is 0. The molecule has 1 saturated heterocycles. The number of phenolic OH excluding ortho intramolecular Hbond substituents is 1. The maximum atomic E-state index is 13.1. The van der Waals surface area contributed by atoms with Crippen LogP contribution < -0.4 is 4.84 Å². The smallest absolute Gasteiger partial charge is 0.248 e. The van der Waals surface area contributed by atoms with Gasteiger partial charge in [0.05, 0.1) is 0 Å². The topological polar surface area (TPSA) is 65.3 Å². The van der Waals surface area contributed by atoms with E-state index < -0.39 is 6.17 Å². The molecule has 0 saturated carbocycles. The zero-order valence-electron chi connectivity index (χ0n) is 11.5. The van der Waals surface area contributed by atoms with Gasteiger partial charge in [0.1, 0.15) is 6.17 Å². The van der Waals surface area contributed by atoms with Crippen molar-refractivity contribution >= 4 is 12.0 Å². The lowest BCUT2D eigenvalue weighted by Gasteiger charge is -2.28. The Balaban J connectivity index is 1.80. The fourth-order valence-electron chi connectivity index (χ4n) is 2.57. The number of alkyl halides is 1. The van der Waals surface area contributed by atoms with E-state index in [9.17, 15) is 14.6 Å². The van der Waals surface area contributed by atoms with E-state index in [0.29, 0.717) is 43.6 Å². The summed E-state index contributed by atoms with van der Waals surface area (Å²) in [5.41, 5.74) is 1.35. The van der Waals surface area contributed by atoms with Crippen molar-refractivity contribution in [2.75, 3.05) is 13.1 Å². The fourth-order valence-corrected chi connectivity index (χ4v) is 2.57. The van der Waals surface area contributed by atoms with Gasteiger partial charge in [-0.05, 0) is 24.1 Å². The molecule has 0 spiro atoms. The number of hydrogen-bond donors (Lipinski definition) is 2. The van der Waals surface area contributed by atoms with Gasteiger partial charge >= 0.3 is 0 Å². The molecule has 21 heavy (non-hydrogen) atoms. The van der Waals surface area contributed by atoms with E-state index in [-0.39, 0.29) is 17.4 Å². The van der Waals surface area contributed by atoms with Crippen LogP contribution >= 0.6 is 0 Å². The molecule has 2 aliphatic heterocycles. The van der Waals surface area contributed by atoms with Crippen LogP contribution in [0.3, 0.4) is 0 Å². The monoisotopic (exact) mass is 292 g/mol. The van der Waals surface area contributed by atoms with Crippen molar-refractivity contribution in [3.8, 4) is 11.5 Å². The average molecular weight is 292 g/mol. The van der Waals surface area contributed by atoms with Gasteiger partial charge in [0.15, 0.2) is 5.75 Å². The van der Waals surface area contributed by atoms with Crippen molar-refractivity contribution in [3.05, 3.63) is 29.3 Å². The van der Waals surface area contributed by atoms with E-state index in [1.807, 2.05) is 6.07 Å². The second kappa shape index (κ2) is 5.73. The molecule has 2 heterocycles. The normalized spacial score (nSPS) is 19.6. The van der Waals surface area contributed by atoms with Crippen LogP contribution in [0, 0.1) is 0 Å². The van der Waals surface area contributed by atoms with Gasteiger partial charge < -0.3 is 15.1 Å². The lowest BCUT2D eigenvalue weighted by molar-refractivity contribution is 0.144. The Bertz CT molecular complexity index is 593. The molecule has 0 unspecified atom stereocenters. The Labute approximate surface area is 121 Å². The Kier molecular flexibility index (Phi) is 3.79. The second-order valence-electron chi connectivity index (χ2n) is 5.32. The summed E-state index contributed by atoms with van der Waals surface area (Å²) in [6, 6.07) is 3.61. The van der Waals surface area contributed by atoms with Crippen LogP contribution in [0.1, 0.15) is 24.0 Å². The summed E-state index contributed by atoms with van der Waals surface area (Å²) < 4.78 is 13.1. The zero-order chi connectivity index (χ0) is 14.8. The predicted octanol–water partition coefficient (Wildman–Crippen LogP) is 2.60. The summed E-state index contributed by atoms with van der Waals surface area (Å²) in [4.78, 5) is 7.19. The number of aliphatic hydroxyl groups is 1. The van der Waals surface area contributed by atoms with E-state index in [0.717, 1.165) is 0 Å². The molecule has 0 radical (unpaired) electrons. The minimum atomic E-state index is -0.715. The Morgan fingerprint density at radius 1 is 1.24 bits per heavy atom. The summed E-state index contributed by atoms with van der Waals surface area (Å²) in [5, 5.41) is 23.1. The molecular formula is C15H17FN2O3. The third-order valence-electron chi connectivity index (χ3n) is 3.80. The van der Waals surface area contributed by atoms with Gasteiger partial charge in [0, 0.05) is 36.8 Å². The van der Waals surface area contributed by atoms with E-state index in [2.05, 4.69) is 10.1 Å². The Hall–Kier alpha value is -2.08. The number of piperidine rings is 1. The first-order valence-corrected chi connectivity index (χ1v) is 6.97. The van der Waals surface area contributed by atoms with Crippen LogP contribution in [0.5, 0.6) is 11.5 Å². The highest BCUT2D eigenvalue weighted by molar-refractivity contribution is 5.91. The molecule has 1 aromatic carbocycles. The van der Waals surface area contributed by atoms with E-state index in [4.69, 9.17) is 4.84 Å². The van der Waals surface area contributed by atoms with E-state index in [1.54, 1.807) is 12.1 Å². The van der Waals surface area contributed by atoms with Crippen molar-refractivity contribution in [3.63, 3.8) is 0 Å². The molecule has 2 N–H and O–H groups in total. The van der Waals surface area contributed by atoms with Gasteiger partial charge in [-0.25, -0.2) is 4.39 Å². The van der Waals surface area contributed by atoms with E-state index in [1.165, 1.54) is 6.08 Å². The number of phenols is 1. The van der Waals surface area contributed by atoms with Crippen molar-refractivity contribution in [2.24, 2.45) is 5.16 Å². The Morgan fingerprint density at radius 2 is 2.00 bits per heavy atom. The van der Waals surface area contributed by atoms with Crippen molar-refractivity contribution in [1.82, 2.24) is 4.90 Å². The molecule has 3 rings (SSSR count). The van der Waals surface area contributed by atoms with Crippen LogP contribution in [-0.4, -0.2) is 40.3 Å². The summed E-state index contributed by atoms with van der Waals surface area (Å²) in [7, 11) is 0. The van der Waals surface area contributed by atoms with Gasteiger partial charge in [-0.15, -0.1) is 0 Å². The molecule has 0 bridgehead atoms. The Morgan fingerprint density at radius 3 is 2.76 bits per heavy atom. The van der Waals surface area contributed by atoms with Gasteiger partial charge in [-0.2, -0.15) is 0 Å².